The molecule has 3 rings (SSSR count). The largest absolute Gasteiger partial charge is 0.455 e. The summed E-state index contributed by atoms with van der Waals surface area (Å²) in [6, 6.07) is 20.2. The highest BCUT2D eigenvalue weighted by molar-refractivity contribution is 7.92. The zero-order chi connectivity index (χ0) is 18.6. The first-order valence-corrected chi connectivity index (χ1v) is 9.68. The second kappa shape index (κ2) is 7.68. The summed E-state index contributed by atoms with van der Waals surface area (Å²) in [4.78, 5) is 0.147. The zero-order valence-electron chi connectivity index (χ0n) is 13.9. The molecule has 0 radical (unpaired) electrons. The number of hydrogen-bond donors (Lipinski definition) is 2. The normalized spacial score (nSPS) is 11.0. The Morgan fingerprint density at radius 2 is 1.58 bits per heavy atom. The molecule has 0 heterocycles. The highest BCUT2D eigenvalue weighted by atomic mass is 35.5. The van der Waals surface area contributed by atoms with Crippen LogP contribution in [0.4, 0.5) is 11.4 Å². The Bertz CT molecular complexity index is 991. The first-order chi connectivity index (χ1) is 12.5. The van der Waals surface area contributed by atoms with E-state index in [1.807, 2.05) is 6.07 Å². The average Bonchev–Trinajstić information content (AvgIpc) is 2.63. The molecule has 0 aromatic heterocycles. The van der Waals surface area contributed by atoms with Crippen LogP contribution in [-0.2, 0) is 10.0 Å². The third kappa shape index (κ3) is 4.09. The minimum atomic E-state index is -3.66. The van der Waals surface area contributed by atoms with E-state index in [0.717, 1.165) is 0 Å². The number of anilines is 2. The number of halogens is 1. The van der Waals surface area contributed by atoms with Crippen LogP contribution in [0.2, 0.25) is 5.02 Å². The molecule has 0 bridgehead atoms. The van der Waals surface area contributed by atoms with E-state index < -0.39 is 10.0 Å². The highest BCUT2D eigenvalue weighted by Crippen LogP contribution is 2.35. The quantitative estimate of drug-likeness (QED) is 0.625. The molecule has 7 heteroatoms. The van der Waals surface area contributed by atoms with Crippen molar-refractivity contribution in [2.75, 3.05) is 17.1 Å². The lowest BCUT2D eigenvalue weighted by molar-refractivity contribution is 0.484. The topological polar surface area (TPSA) is 67.4 Å². The number of hydrogen-bond acceptors (Lipinski definition) is 4. The number of ether oxygens (including phenoxy) is 1. The fourth-order valence-electron chi connectivity index (χ4n) is 2.37. The van der Waals surface area contributed by atoms with Gasteiger partial charge in [-0.05, 0) is 48.5 Å². The van der Waals surface area contributed by atoms with Gasteiger partial charge in [-0.1, -0.05) is 35.9 Å². The first-order valence-electron chi connectivity index (χ1n) is 7.81. The van der Waals surface area contributed by atoms with E-state index in [1.54, 1.807) is 61.6 Å². The summed E-state index contributed by atoms with van der Waals surface area (Å²) >= 11 is 6.13. The maximum Gasteiger partial charge on any atom is 0.261 e. The Hall–Kier alpha value is -2.70. The van der Waals surface area contributed by atoms with Gasteiger partial charge in [-0.15, -0.1) is 0 Å². The maximum atomic E-state index is 12.4. The van der Waals surface area contributed by atoms with Crippen LogP contribution in [0.3, 0.4) is 0 Å². The van der Waals surface area contributed by atoms with Gasteiger partial charge in [-0.2, -0.15) is 0 Å². The van der Waals surface area contributed by atoms with Gasteiger partial charge in [-0.3, -0.25) is 4.72 Å². The van der Waals surface area contributed by atoms with Crippen molar-refractivity contribution < 1.29 is 13.2 Å². The van der Waals surface area contributed by atoms with Crippen LogP contribution in [0.15, 0.2) is 77.7 Å². The van der Waals surface area contributed by atoms with Crippen molar-refractivity contribution in [1.29, 1.82) is 0 Å². The Morgan fingerprint density at radius 1 is 0.885 bits per heavy atom. The van der Waals surface area contributed by atoms with Crippen LogP contribution in [0.25, 0.3) is 0 Å². The predicted molar refractivity (Wildman–Crippen MR) is 105 cm³/mol. The minimum Gasteiger partial charge on any atom is -0.455 e. The highest BCUT2D eigenvalue weighted by Gasteiger charge is 2.14. The monoisotopic (exact) mass is 388 g/mol. The number of rotatable bonds is 6. The molecule has 0 aliphatic rings. The Labute approximate surface area is 157 Å². The molecule has 0 saturated carbocycles. The maximum absolute atomic E-state index is 12.4. The van der Waals surface area contributed by atoms with Gasteiger partial charge < -0.3 is 10.1 Å². The Kier molecular flexibility index (Phi) is 5.35. The second-order valence-corrected chi connectivity index (χ2v) is 7.50. The van der Waals surface area contributed by atoms with Gasteiger partial charge in [-0.25, -0.2) is 8.42 Å². The SMILES string of the molecule is CNc1c(Cl)cccc1Oc1ccc(S(=O)(=O)Nc2ccccc2)cc1. The van der Waals surface area contributed by atoms with Gasteiger partial charge in [0.1, 0.15) is 5.75 Å². The third-order valence-corrected chi connectivity index (χ3v) is 5.33. The number of nitrogens with one attached hydrogen (secondary N) is 2. The number of sulfonamides is 1. The lowest BCUT2D eigenvalue weighted by atomic mass is 10.3. The van der Waals surface area contributed by atoms with Crippen molar-refractivity contribution in [2.45, 2.75) is 4.90 Å². The lowest BCUT2D eigenvalue weighted by Gasteiger charge is -2.13. The standard InChI is InChI=1S/C19H17ClN2O3S/c1-21-19-17(20)8-5-9-18(19)25-15-10-12-16(13-11-15)26(23,24)22-14-6-3-2-4-7-14/h2-13,21-22H,1H3. The zero-order valence-corrected chi connectivity index (χ0v) is 15.5. The van der Waals surface area contributed by atoms with E-state index in [-0.39, 0.29) is 4.90 Å². The molecule has 0 atom stereocenters. The molecule has 3 aromatic rings. The average molecular weight is 389 g/mol. The Morgan fingerprint density at radius 3 is 2.23 bits per heavy atom. The predicted octanol–water partition coefficient (Wildman–Crippen LogP) is 4.97. The fraction of sp³-hybridized carbons (Fsp3) is 0.0526. The van der Waals surface area contributed by atoms with Gasteiger partial charge in [0.25, 0.3) is 10.0 Å². The fourth-order valence-corrected chi connectivity index (χ4v) is 3.69. The van der Waals surface area contributed by atoms with Crippen molar-refractivity contribution >= 4 is 33.0 Å². The molecule has 0 spiro atoms. The molecule has 5 nitrogen and oxygen atoms in total. The summed E-state index contributed by atoms with van der Waals surface area (Å²) in [6.45, 7) is 0. The van der Waals surface area contributed by atoms with Crippen LogP contribution >= 0.6 is 11.6 Å². The summed E-state index contributed by atoms with van der Waals surface area (Å²) in [5.41, 5.74) is 1.17. The van der Waals surface area contributed by atoms with Crippen LogP contribution < -0.4 is 14.8 Å². The van der Waals surface area contributed by atoms with Crippen LogP contribution in [0, 0.1) is 0 Å². The molecular formula is C19H17ClN2O3S. The van der Waals surface area contributed by atoms with Crippen LogP contribution in [-0.4, -0.2) is 15.5 Å². The van der Waals surface area contributed by atoms with Gasteiger partial charge >= 0.3 is 0 Å². The van der Waals surface area contributed by atoms with Crippen molar-refractivity contribution in [1.82, 2.24) is 0 Å². The summed E-state index contributed by atoms with van der Waals surface area (Å²) in [5, 5.41) is 3.52. The molecule has 0 aliphatic carbocycles. The number of benzene rings is 3. The molecule has 0 saturated heterocycles. The summed E-state index contributed by atoms with van der Waals surface area (Å²) < 4.78 is 33.2. The molecule has 0 unspecified atom stereocenters. The minimum absolute atomic E-state index is 0.147. The second-order valence-electron chi connectivity index (χ2n) is 5.41. The lowest BCUT2D eigenvalue weighted by Crippen LogP contribution is -2.12. The molecule has 0 aliphatic heterocycles. The van der Waals surface area contributed by atoms with Crippen molar-refractivity contribution in [3.05, 3.63) is 77.8 Å². The van der Waals surface area contributed by atoms with Gasteiger partial charge in [0.15, 0.2) is 5.75 Å². The third-order valence-electron chi connectivity index (χ3n) is 3.61. The van der Waals surface area contributed by atoms with E-state index in [1.165, 1.54) is 12.1 Å². The van der Waals surface area contributed by atoms with E-state index in [2.05, 4.69) is 10.0 Å². The van der Waals surface area contributed by atoms with Gasteiger partial charge in [0, 0.05) is 12.7 Å². The van der Waals surface area contributed by atoms with E-state index in [4.69, 9.17) is 16.3 Å². The molecule has 134 valence electrons. The number of para-hydroxylation sites is 2. The Balaban J connectivity index is 1.80. The summed E-state index contributed by atoms with van der Waals surface area (Å²) in [7, 11) is -1.91. The molecule has 0 fully saturated rings. The van der Waals surface area contributed by atoms with Crippen LogP contribution in [0.1, 0.15) is 0 Å². The molecular weight excluding hydrogens is 372 g/mol. The van der Waals surface area contributed by atoms with E-state index in [0.29, 0.717) is 27.9 Å². The molecule has 2 N–H and O–H groups in total. The van der Waals surface area contributed by atoms with E-state index in [9.17, 15) is 8.42 Å². The summed E-state index contributed by atoms with van der Waals surface area (Å²) in [5.74, 6) is 1.06. The van der Waals surface area contributed by atoms with E-state index >= 15 is 0 Å². The molecule has 3 aromatic carbocycles. The van der Waals surface area contributed by atoms with Gasteiger partial charge in [0.05, 0.1) is 15.6 Å². The van der Waals surface area contributed by atoms with Gasteiger partial charge in [0.2, 0.25) is 0 Å². The molecule has 26 heavy (non-hydrogen) atoms. The van der Waals surface area contributed by atoms with Crippen molar-refractivity contribution in [2.24, 2.45) is 0 Å². The first kappa shape index (κ1) is 18.1. The van der Waals surface area contributed by atoms with Crippen molar-refractivity contribution in [3.63, 3.8) is 0 Å². The smallest absolute Gasteiger partial charge is 0.261 e. The summed E-state index contributed by atoms with van der Waals surface area (Å²) in [6.07, 6.45) is 0. The van der Waals surface area contributed by atoms with Crippen LogP contribution in [0.5, 0.6) is 11.5 Å². The van der Waals surface area contributed by atoms with Crippen molar-refractivity contribution in [3.8, 4) is 11.5 Å². The molecule has 0 amide bonds.